The Morgan fingerprint density at radius 2 is 0.890 bits per heavy atom. The second-order valence-electron chi connectivity index (χ2n) is 41.9. The average molecular weight is 1870 g/mol. The zero-order valence-electron chi connectivity index (χ0n) is 85.3. The number of carboxylic acids is 1. The SMILES string of the molecule is C=C1N=C(c2ccc(C(C)(C)C)cn2)NO1.C=C1N=C(c2ccc(C(C)(C)C)nc2)NO1.CC(C)(C)c1ccc(C(=O)CS(=O)(=O)c2ccccc2)cn1.CC(C)(C)c1ccc(C2=NCC=N2)cn1.CC(C)(C)c1ccc(C2=NCN=N2)cn1.CC(C)(C)c1ccccc1C(=O)O.COC(=O)c1ccccc1C(C)(C)C.Cc1c(F)cc(C(C)(C)C)cc1F.Cc1ccc(C(C)(C)C)nc1C. The van der Waals surface area contributed by atoms with Crippen LogP contribution in [0, 0.1) is 32.4 Å². The smallest absolute Gasteiger partial charge is 0.338 e. The number of methoxy groups -OCH3 is 1. The van der Waals surface area contributed by atoms with Crippen molar-refractivity contribution in [3.8, 4) is 0 Å². The maximum atomic E-state index is 13.1. The van der Waals surface area contributed by atoms with Gasteiger partial charge in [0, 0.05) is 126 Å². The first-order valence-electron chi connectivity index (χ1n) is 44.9. The highest BCUT2D eigenvalue weighted by atomic mass is 32.2. The lowest BCUT2D eigenvalue weighted by atomic mass is 9.84. The quantitative estimate of drug-likeness (QED) is 0.0846. The van der Waals surface area contributed by atoms with E-state index in [1.54, 1.807) is 54.7 Å². The highest BCUT2D eigenvalue weighted by molar-refractivity contribution is 7.92. The normalized spacial score (nSPS) is 13.4. The van der Waals surface area contributed by atoms with E-state index in [0.717, 1.165) is 67.8 Å². The predicted octanol–water partition coefficient (Wildman–Crippen LogP) is 24.1. The van der Waals surface area contributed by atoms with E-state index in [1.165, 1.54) is 61.3 Å². The first-order valence-corrected chi connectivity index (χ1v) is 46.5. The molecule has 4 aromatic carbocycles. The lowest BCUT2D eigenvalue weighted by Gasteiger charge is -2.21. The van der Waals surface area contributed by atoms with E-state index in [4.69, 9.17) is 19.5 Å². The number of benzene rings is 4. The molecule has 27 heteroatoms. The number of aliphatic imine (C=N–C) groups is 5. The Labute approximate surface area is 804 Å². The average Bonchev–Trinajstić information content (AvgIpc) is 1.17. The number of ether oxygens (including phenoxy) is 1. The maximum Gasteiger partial charge on any atom is 0.338 e. The fourth-order valence-electron chi connectivity index (χ4n) is 12.4. The van der Waals surface area contributed by atoms with Gasteiger partial charge in [-0.25, -0.2) is 42.3 Å². The van der Waals surface area contributed by atoms with Gasteiger partial charge in [-0.2, -0.15) is 20.6 Å². The van der Waals surface area contributed by atoms with Crippen LogP contribution in [0.15, 0.2) is 260 Å². The fraction of sp³-hybridized carbons (Fsp3) is 0.394. The van der Waals surface area contributed by atoms with E-state index in [2.05, 4.69) is 240 Å². The lowest BCUT2D eigenvalue weighted by molar-refractivity contribution is 0.0596. The van der Waals surface area contributed by atoms with Gasteiger partial charge < -0.3 is 19.5 Å². The minimum atomic E-state index is -3.62. The second-order valence-corrected chi connectivity index (χ2v) is 43.9. The van der Waals surface area contributed by atoms with Gasteiger partial charge in [0.15, 0.2) is 45.6 Å². The zero-order chi connectivity index (χ0) is 102. The molecule has 24 nitrogen and oxygen atoms in total. The molecule has 10 aromatic rings. The van der Waals surface area contributed by atoms with Crippen LogP contribution in [0.5, 0.6) is 0 Å². The molecule has 0 saturated carbocycles. The zero-order valence-corrected chi connectivity index (χ0v) is 86.1. The van der Waals surface area contributed by atoms with Crippen molar-refractivity contribution in [2.45, 2.75) is 261 Å². The van der Waals surface area contributed by atoms with Crippen LogP contribution < -0.4 is 11.0 Å². The summed E-state index contributed by atoms with van der Waals surface area (Å²) in [5.41, 5.74) is 21.9. The van der Waals surface area contributed by atoms with Gasteiger partial charge in [-0.05, 0) is 180 Å². The van der Waals surface area contributed by atoms with Gasteiger partial charge in [0.25, 0.3) is 0 Å². The number of aromatic nitrogens is 6. The number of azo groups is 1. The van der Waals surface area contributed by atoms with Crippen LogP contribution in [0.25, 0.3) is 0 Å². The molecule has 0 saturated heterocycles. The number of sulfone groups is 1. The van der Waals surface area contributed by atoms with E-state index in [9.17, 15) is 31.6 Å². The summed E-state index contributed by atoms with van der Waals surface area (Å²) in [6.45, 7) is 70.3. The number of aromatic carboxylic acids is 1. The molecule has 0 fully saturated rings. The van der Waals surface area contributed by atoms with E-state index in [0.29, 0.717) is 64.7 Å². The van der Waals surface area contributed by atoms with Crippen LogP contribution in [0.3, 0.4) is 0 Å². The standard InChI is InChI=1S/C17H19NO3S.2C12H15N3O.C12H15N3.C12H16O2.C11H14F2.C11H14N4.C11H17N.C11H14O2/c1-17(2,3)16-10-9-13(11-18-16)15(19)12-22(20,21)14-7-5-4-6-8-14;1-8-14-11(15-16-8)10-6-5-9(7-13-10)12(2,3)4;1-8-14-11(15-16-8)9-5-6-10(13-7-9)12(2,3)4;1-12(2,3)10-5-4-9(8-15-10)11-13-6-7-14-11;1-12(2,3)10-8-6-5-7-9(10)11(13)14-4;1-7-9(12)5-8(6-10(7)13)11(2,3)4;1-11(2,3)9-5-4-8(6-12-9)10-13-7-14-15-10;1-8-6-7-10(11(3,4)5)12-9(8)2;1-11(2,3)9-7-5-4-6-8(9)10(12)13/h4-11H,12H2,1-3H3;2*5-7H,1H2,2-4H3,(H,14,15);4-6,8H,7H2,1-3H3;5-8H,1-4H3;5-6H,1-4H3;4-6H,7H2,1-3H3;6-7H,1-5H3;4-7H,1-3H3,(H,12,13). The second kappa shape index (κ2) is 47.3. The molecule has 10 heterocycles. The number of carbonyl (C=O) groups excluding carboxylic acids is 2. The van der Waals surface area contributed by atoms with Crippen LogP contribution in [0.2, 0.25) is 0 Å². The third kappa shape index (κ3) is 34.9. The number of halogens is 2. The molecular weight excluding hydrogens is 1730 g/mol. The monoisotopic (exact) mass is 1870 g/mol. The van der Waals surface area contributed by atoms with Crippen molar-refractivity contribution in [2.75, 3.05) is 26.1 Å². The predicted molar refractivity (Wildman–Crippen MR) is 544 cm³/mol. The number of amidine groups is 4. The van der Waals surface area contributed by atoms with E-state index < -0.39 is 39.0 Å². The van der Waals surface area contributed by atoms with Gasteiger partial charge >= 0.3 is 11.9 Å². The fourth-order valence-corrected chi connectivity index (χ4v) is 13.6. The largest absolute Gasteiger partial charge is 0.478 e. The molecule has 0 atom stereocenters. The Balaban J connectivity index is 0.000000236. The molecule has 724 valence electrons. The summed E-state index contributed by atoms with van der Waals surface area (Å²) >= 11 is 0. The number of nitrogens with zero attached hydrogens (tertiary/aromatic N) is 13. The summed E-state index contributed by atoms with van der Waals surface area (Å²) in [7, 11) is -2.22. The molecule has 4 aliphatic heterocycles. The summed E-state index contributed by atoms with van der Waals surface area (Å²) < 4.78 is 55.4. The highest BCUT2D eigenvalue weighted by Gasteiger charge is 2.28. The summed E-state index contributed by atoms with van der Waals surface area (Å²) in [5, 5.41) is 16.7. The third-order valence-corrected chi connectivity index (χ3v) is 22.5. The molecule has 0 amide bonds. The molecular formula is C109H139F2N15O9S. The number of nitrogens with one attached hydrogen (secondary N) is 2. The number of carbonyl (C=O) groups is 3. The first kappa shape index (κ1) is 112. The minimum absolute atomic E-state index is 0.0369. The van der Waals surface area contributed by atoms with Crippen molar-refractivity contribution in [1.82, 2.24) is 40.9 Å². The van der Waals surface area contributed by atoms with Crippen molar-refractivity contribution < 1.29 is 51.1 Å². The molecule has 4 aliphatic rings. The minimum Gasteiger partial charge on any atom is -0.478 e. The number of aryl methyl sites for hydroxylation is 2. The summed E-state index contributed by atoms with van der Waals surface area (Å²) in [5.74, 6) is 0.404. The summed E-state index contributed by atoms with van der Waals surface area (Å²) in [6, 6.07) is 49.2. The molecule has 0 aliphatic carbocycles. The van der Waals surface area contributed by atoms with Crippen LogP contribution in [0.1, 0.15) is 308 Å². The van der Waals surface area contributed by atoms with Gasteiger partial charge in [0.2, 0.25) is 11.8 Å². The molecule has 0 bridgehead atoms. The Morgan fingerprint density at radius 1 is 0.456 bits per heavy atom. The molecule has 6 aromatic heterocycles. The van der Waals surface area contributed by atoms with Gasteiger partial charge in [-0.15, -0.1) is 5.11 Å². The van der Waals surface area contributed by atoms with E-state index in [-0.39, 0.29) is 65.2 Å². The number of rotatable bonds is 10. The van der Waals surface area contributed by atoms with Crippen LogP contribution in [0.4, 0.5) is 8.78 Å². The van der Waals surface area contributed by atoms with Crippen molar-refractivity contribution in [2.24, 2.45) is 35.2 Å². The molecule has 0 spiro atoms. The third-order valence-electron chi connectivity index (χ3n) is 20.9. The van der Waals surface area contributed by atoms with Gasteiger partial charge in [0.1, 0.15) is 23.1 Å². The molecule has 0 unspecified atom stereocenters. The van der Waals surface area contributed by atoms with Gasteiger partial charge in [-0.3, -0.25) is 39.7 Å². The number of pyridine rings is 6. The first-order chi connectivity index (χ1) is 62.9. The Kier molecular flexibility index (Phi) is 38.8. The van der Waals surface area contributed by atoms with Crippen LogP contribution >= 0.6 is 0 Å². The van der Waals surface area contributed by atoms with E-state index in [1.807, 2.05) is 166 Å². The molecule has 136 heavy (non-hydrogen) atoms. The lowest BCUT2D eigenvalue weighted by Crippen LogP contribution is -2.19. The Hall–Kier alpha value is -13.2. The highest BCUT2D eigenvalue weighted by Crippen LogP contribution is 2.32. The van der Waals surface area contributed by atoms with E-state index >= 15 is 0 Å². The van der Waals surface area contributed by atoms with Crippen LogP contribution in [-0.4, -0.2) is 117 Å². The van der Waals surface area contributed by atoms with Crippen molar-refractivity contribution >= 4 is 57.1 Å². The van der Waals surface area contributed by atoms with Gasteiger partial charge in [0.05, 0.1) is 29.7 Å². The molecule has 3 N–H and O–H groups in total. The number of carboxylic acid groups (broad SMARTS) is 1. The van der Waals surface area contributed by atoms with Crippen molar-refractivity contribution in [1.29, 1.82) is 0 Å². The van der Waals surface area contributed by atoms with Gasteiger partial charge in [-0.1, -0.05) is 254 Å². The maximum absolute atomic E-state index is 13.1. The van der Waals surface area contributed by atoms with Crippen molar-refractivity contribution in [3.63, 3.8) is 0 Å². The number of esters is 1. The molecule has 14 rings (SSSR count). The topological polar surface area (TPSA) is 321 Å². The number of Topliss-reactive ketones (excluding diaryl/α,β-unsaturated/α-hetero) is 1. The number of hydrogen-bond acceptors (Lipinski definition) is 23. The number of hydrogen-bond donors (Lipinski definition) is 3. The van der Waals surface area contributed by atoms with Crippen molar-refractivity contribution in [3.05, 3.63) is 338 Å². The Bertz CT molecular complexity index is 5880. The number of hydroxylamine groups is 2. The Morgan fingerprint density at radius 3 is 1.26 bits per heavy atom. The molecule has 0 radical (unpaired) electrons. The number of ketones is 1. The summed E-state index contributed by atoms with van der Waals surface area (Å²) in [6.07, 6.45) is 10.6. The van der Waals surface area contributed by atoms with Crippen LogP contribution in [-0.2, 0) is 73.0 Å². The summed E-state index contributed by atoms with van der Waals surface area (Å²) in [4.78, 5) is 91.7.